The van der Waals surface area contributed by atoms with Gasteiger partial charge in [-0.3, -0.25) is 0 Å². The van der Waals surface area contributed by atoms with Crippen LogP contribution >= 0.6 is 38.9 Å². The number of rotatable bonds is 3. The maximum atomic E-state index is 6.31. The molecule has 0 bridgehead atoms. The fourth-order valence-corrected chi connectivity index (χ4v) is 3.79. The minimum absolute atomic E-state index is 0.00207. The molecule has 0 saturated carbocycles. The van der Waals surface area contributed by atoms with E-state index in [1.165, 1.54) is 15.6 Å². The first-order chi connectivity index (χ1) is 9.61. The Morgan fingerprint density at radius 3 is 2.55 bits per heavy atom. The summed E-state index contributed by atoms with van der Waals surface area (Å²) < 4.78 is 1.91. The van der Waals surface area contributed by atoms with E-state index < -0.39 is 0 Å². The monoisotopic (exact) mass is 365 g/mol. The van der Waals surface area contributed by atoms with Gasteiger partial charge in [-0.2, -0.15) is 0 Å². The van der Waals surface area contributed by atoms with Crippen LogP contribution in [0.25, 0.3) is 10.8 Å². The van der Waals surface area contributed by atoms with Crippen molar-refractivity contribution in [1.29, 1.82) is 0 Å². The molecule has 3 aromatic rings. The van der Waals surface area contributed by atoms with Crippen molar-refractivity contribution in [2.45, 2.75) is 12.5 Å². The largest absolute Gasteiger partial charge is 0.324 e. The van der Waals surface area contributed by atoms with Crippen LogP contribution in [0.1, 0.15) is 16.5 Å². The number of halogens is 2. The van der Waals surface area contributed by atoms with E-state index in [0.29, 0.717) is 0 Å². The first-order valence-electron chi connectivity index (χ1n) is 6.31. The Morgan fingerprint density at radius 2 is 1.80 bits per heavy atom. The molecule has 0 aliphatic heterocycles. The fraction of sp³-hybridized carbons (Fsp3) is 0.125. The standard InChI is InChI=1S/C16H13BrClNS/c17-13-4-3-10-7-12(2-1-11(10)8-13)15(19)9-14-5-6-16(18)20-14/h1-8,15H,9,19H2. The summed E-state index contributed by atoms with van der Waals surface area (Å²) in [6.45, 7) is 0. The molecule has 3 rings (SSSR count). The number of benzene rings is 2. The van der Waals surface area contributed by atoms with Crippen LogP contribution in [-0.4, -0.2) is 0 Å². The van der Waals surface area contributed by atoms with E-state index in [1.807, 2.05) is 12.1 Å². The Bertz CT molecular complexity index is 753. The molecule has 102 valence electrons. The van der Waals surface area contributed by atoms with Crippen molar-refractivity contribution in [1.82, 2.24) is 0 Å². The first-order valence-corrected chi connectivity index (χ1v) is 8.29. The Hall–Kier alpha value is -0.870. The van der Waals surface area contributed by atoms with Crippen LogP contribution in [0.5, 0.6) is 0 Å². The van der Waals surface area contributed by atoms with E-state index >= 15 is 0 Å². The van der Waals surface area contributed by atoms with Gasteiger partial charge in [-0.15, -0.1) is 11.3 Å². The number of hydrogen-bond acceptors (Lipinski definition) is 2. The highest BCUT2D eigenvalue weighted by Gasteiger charge is 2.09. The molecule has 1 nitrogen and oxygen atoms in total. The van der Waals surface area contributed by atoms with Crippen LogP contribution in [0.3, 0.4) is 0 Å². The lowest BCUT2D eigenvalue weighted by Gasteiger charge is -2.12. The summed E-state index contributed by atoms with van der Waals surface area (Å²) in [5.41, 5.74) is 7.47. The zero-order valence-electron chi connectivity index (χ0n) is 10.6. The highest BCUT2D eigenvalue weighted by atomic mass is 79.9. The van der Waals surface area contributed by atoms with Gasteiger partial charge in [0, 0.05) is 21.8 Å². The van der Waals surface area contributed by atoms with Gasteiger partial charge in [0.05, 0.1) is 4.34 Å². The molecule has 4 heteroatoms. The molecule has 2 N–H and O–H groups in total. The van der Waals surface area contributed by atoms with Crippen molar-refractivity contribution < 1.29 is 0 Å². The van der Waals surface area contributed by atoms with E-state index in [9.17, 15) is 0 Å². The van der Waals surface area contributed by atoms with Gasteiger partial charge in [-0.05, 0) is 46.7 Å². The van der Waals surface area contributed by atoms with Crippen molar-refractivity contribution in [3.63, 3.8) is 0 Å². The van der Waals surface area contributed by atoms with Crippen LogP contribution in [-0.2, 0) is 6.42 Å². The van der Waals surface area contributed by atoms with Crippen molar-refractivity contribution >= 4 is 49.6 Å². The summed E-state index contributed by atoms with van der Waals surface area (Å²) in [4.78, 5) is 1.22. The second kappa shape index (κ2) is 5.86. The SMILES string of the molecule is NC(Cc1ccc(Cl)s1)c1ccc2cc(Br)ccc2c1. The van der Waals surface area contributed by atoms with Gasteiger partial charge >= 0.3 is 0 Å². The van der Waals surface area contributed by atoms with Gasteiger partial charge in [-0.1, -0.05) is 45.7 Å². The molecule has 1 aromatic heterocycles. The maximum absolute atomic E-state index is 6.31. The van der Waals surface area contributed by atoms with Gasteiger partial charge in [0.1, 0.15) is 0 Å². The molecule has 1 atom stereocenters. The molecule has 20 heavy (non-hydrogen) atoms. The number of thiophene rings is 1. The van der Waals surface area contributed by atoms with E-state index in [2.05, 4.69) is 52.3 Å². The lowest BCUT2D eigenvalue weighted by molar-refractivity contribution is 0.731. The zero-order chi connectivity index (χ0) is 14.1. The number of hydrogen-bond donors (Lipinski definition) is 1. The molecule has 0 fully saturated rings. The van der Waals surface area contributed by atoms with Crippen molar-refractivity contribution in [3.05, 3.63) is 67.8 Å². The van der Waals surface area contributed by atoms with E-state index in [4.69, 9.17) is 17.3 Å². The highest BCUT2D eigenvalue weighted by Crippen LogP contribution is 2.27. The predicted molar refractivity (Wildman–Crippen MR) is 91.6 cm³/mol. The molecule has 1 heterocycles. The first kappa shape index (κ1) is 14.1. The van der Waals surface area contributed by atoms with Gasteiger partial charge in [-0.25, -0.2) is 0 Å². The third-order valence-corrected chi connectivity index (χ3v) is 5.05. The van der Waals surface area contributed by atoms with Crippen molar-refractivity contribution in [3.8, 4) is 0 Å². The molecule has 0 aliphatic carbocycles. The van der Waals surface area contributed by atoms with Crippen molar-refractivity contribution in [2.75, 3.05) is 0 Å². The van der Waals surface area contributed by atoms with Crippen LogP contribution in [0.2, 0.25) is 4.34 Å². The Morgan fingerprint density at radius 1 is 1.05 bits per heavy atom. The number of nitrogens with two attached hydrogens (primary N) is 1. The minimum atomic E-state index is -0.00207. The maximum Gasteiger partial charge on any atom is 0.0931 e. The summed E-state index contributed by atoms with van der Waals surface area (Å²) in [6, 6.07) is 16.6. The molecular weight excluding hydrogens is 354 g/mol. The highest BCUT2D eigenvalue weighted by molar-refractivity contribution is 9.10. The zero-order valence-corrected chi connectivity index (χ0v) is 13.8. The molecule has 0 amide bonds. The van der Waals surface area contributed by atoms with Gasteiger partial charge in [0.25, 0.3) is 0 Å². The Labute approximate surface area is 135 Å². The third kappa shape index (κ3) is 3.07. The van der Waals surface area contributed by atoms with Crippen LogP contribution in [0.4, 0.5) is 0 Å². The van der Waals surface area contributed by atoms with Gasteiger partial charge < -0.3 is 5.73 Å². The molecule has 0 aliphatic rings. The third-order valence-electron chi connectivity index (χ3n) is 3.30. The van der Waals surface area contributed by atoms with Gasteiger partial charge in [0.15, 0.2) is 0 Å². The number of fused-ring (bicyclic) bond motifs is 1. The normalized spacial score (nSPS) is 12.8. The molecule has 1 unspecified atom stereocenters. The van der Waals surface area contributed by atoms with E-state index in [0.717, 1.165) is 20.8 Å². The average Bonchev–Trinajstić information content (AvgIpc) is 2.83. The molecular formula is C16H13BrClNS. The lowest BCUT2D eigenvalue weighted by Crippen LogP contribution is -2.12. The van der Waals surface area contributed by atoms with Crippen molar-refractivity contribution in [2.24, 2.45) is 5.73 Å². The van der Waals surface area contributed by atoms with Crippen LogP contribution < -0.4 is 5.73 Å². The quantitative estimate of drug-likeness (QED) is 0.645. The summed E-state index contributed by atoms with van der Waals surface area (Å²) in [5.74, 6) is 0. The van der Waals surface area contributed by atoms with E-state index in [1.54, 1.807) is 11.3 Å². The second-order valence-electron chi connectivity index (χ2n) is 4.77. The van der Waals surface area contributed by atoms with E-state index in [-0.39, 0.29) is 6.04 Å². The fourth-order valence-electron chi connectivity index (χ4n) is 2.26. The molecule has 2 aromatic carbocycles. The lowest BCUT2D eigenvalue weighted by atomic mass is 10.00. The topological polar surface area (TPSA) is 26.0 Å². The minimum Gasteiger partial charge on any atom is -0.324 e. The molecule has 0 saturated heterocycles. The summed E-state index contributed by atoms with van der Waals surface area (Å²) in [6.07, 6.45) is 0.819. The predicted octanol–water partition coefficient (Wildman–Crippen LogP) is 5.56. The summed E-state index contributed by atoms with van der Waals surface area (Å²) in [7, 11) is 0. The summed E-state index contributed by atoms with van der Waals surface area (Å²) >= 11 is 11.0. The van der Waals surface area contributed by atoms with Crippen LogP contribution in [0.15, 0.2) is 53.0 Å². The summed E-state index contributed by atoms with van der Waals surface area (Å²) in [5, 5.41) is 2.43. The molecule has 0 spiro atoms. The van der Waals surface area contributed by atoms with Crippen LogP contribution in [0, 0.1) is 0 Å². The Balaban J connectivity index is 1.87. The smallest absolute Gasteiger partial charge is 0.0931 e. The van der Waals surface area contributed by atoms with Gasteiger partial charge in [0.2, 0.25) is 0 Å². The Kier molecular flexibility index (Phi) is 4.13. The molecule has 0 radical (unpaired) electrons. The average molecular weight is 367 g/mol. The second-order valence-corrected chi connectivity index (χ2v) is 7.48.